The summed E-state index contributed by atoms with van der Waals surface area (Å²) in [7, 11) is 0. The van der Waals surface area contributed by atoms with E-state index in [-0.39, 0.29) is 6.54 Å². The zero-order chi connectivity index (χ0) is 26.5. The van der Waals surface area contributed by atoms with Crippen molar-refractivity contribution in [3.63, 3.8) is 0 Å². The number of alkyl halides is 5. The Labute approximate surface area is 216 Å². The first-order valence-corrected chi connectivity index (χ1v) is 12.2. The van der Waals surface area contributed by atoms with Gasteiger partial charge >= 0.3 is 18.1 Å². The zero-order valence-electron chi connectivity index (χ0n) is 19.2. The van der Waals surface area contributed by atoms with Crippen molar-refractivity contribution in [3.05, 3.63) is 58.7 Å². The van der Waals surface area contributed by atoms with E-state index in [0.29, 0.717) is 37.2 Å². The third-order valence-corrected chi connectivity index (χ3v) is 7.00. The van der Waals surface area contributed by atoms with E-state index in [9.17, 15) is 33.0 Å². The Bertz CT molecular complexity index is 1010. The topological polar surface area (TPSA) is 111 Å². The van der Waals surface area contributed by atoms with Crippen molar-refractivity contribution in [1.29, 1.82) is 0 Å². The van der Waals surface area contributed by atoms with Crippen molar-refractivity contribution in [2.24, 2.45) is 11.8 Å². The standard InChI is InChI=1S/C24H28Cl2F3N3O4/c25-23(26)7-5-16-17(6-8-30-12-19(16)18(22(35)36)9-20(33)34)21(23)32-11-15-3-1-14(2-4-15)10-31-13-24(27,28)29/h1-5,7,18-19,21,30-32H,6,8-13H2,(H,33,34)(H,35,36). The van der Waals surface area contributed by atoms with Crippen LogP contribution in [0.15, 0.2) is 47.6 Å². The second-order valence-electron chi connectivity index (χ2n) is 8.94. The van der Waals surface area contributed by atoms with Crippen LogP contribution in [0.25, 0.3) is 0 Å². The predicted octanol–water partition coefficient (Wildman–Crippen LogP) is 3.62. The number of halogens is 5. The highest BCUT2D eigenvalue weighted by atomic mass is 35.5. The summed E-state index contributed by atoms with van der Waals surface area (Å²) >= 11 is 13.2. The van der Waals surface area contributed by atoms with Crippen LogP contribution < -0.4 is 16.0 Å². The Kier molecular flexibility index (Phi) is 9.45. The molecule has 3 rings (SSSR count). The van der Waals surface area contributed by atoms with Crippen molar-refractivity contribution in [3.8, 4) is 0 Å². The second kappa shape index (κ2) is 12.0. The molecule has 1 aliphatic carbocycles. The molecule has 3 unspecified atom stereocenters. The van der Waals surface area contributed by atoms with E-state index in [1.807, 2.05) is 0 Å². The number of hydrogen-bond acceptors (Lipinski definition) is 5. The molecule has 0 radical (unpaired) electrons. The molecule has 1 heterocycles. The van der Waals surface area contributed by atoms with Gasteiger partial charge in [0.25, 0.3) is 0 Å². The number of allylic oxidation sites excluding steroid dienone is 1. The molecule has 36 heavy (non-hydrogen) atoms. The summed E-state index contributed by atoms with van der Waals surface area (Å²) in [5.74, 6) is -4.08. The molecule has 5 N–H and O–H groups in total. The lowest BCUT2D eigenvalue weighted by molar-refractivity contribution is -0.149. The van der Waals surface area contributed by atoms with E-state index >= 15 is 0 Å². The van der Waals surface area contributed by atoms with Gasteiger partial charge in [-0.2, -0.15) is 13.2 Å². The summed E-state index contributed by atoms with van der Waals surface area (Å²) in [5.41, 5.74) is 3.10. The molecule has 0 aromatic heterocycles. The van der Waals surface area contributed by atoms with Gasteiger partial charge in [0.2, 0.25) is 0 Å². The summed E-state index contributed by atoms with van der Waals surface area (Å²) in [5, 5.41) is 27.9. The lowest BCUT2D eigenvalue weighted by Gasteiger charge is -2.37. The quantitative estimate of drug-likeness (QED) is 0.283. The maximum atomic E-state index is 12.3. The molecule has 1 aromatic carbocycles. The molecule has 0 saturated heterocycles. The van der Waals surface area contributed by atoms with Crippen LogP contribution in [0.3, 0.4) is 0 Å². The monoisotopic (exact) mass is 549 g/mol. The van der Waals surface area contributed by atoms with Crippen molar-refractivity contribution in [2.45, 2.75) is 42.5 Å². The van der Waals surface area contributed by atoms with Crippen LogP contribution in [0.4, 0.5) is 13.2 Å². The third kappa shape index (κ3) is 7.69. The van der Waals surface area contributed by atoms with E-state index in [1.165, 1.54) is 0 Å². The minimum atomic E-state index is -4.27. The SMILES string of the molecule is O=C(O)CC(C(=O)O)C1CNCCC2=C1C=CC(Cl)(Cl)C2NCc1ccc(CNCC(F)(F)F)cc1. The second-order valence-corrected chi connectivity index (χ2v) is 10.4. The van der Waals surface area contributed by atoms with Gasteiger partial charge in [-0.3, -0.25) is 9.59 Å². The van der Waals surface area contributed by atoms with E-state index in [4.69, 9.17) is 23.2 Å². The number of aliphatic carboxylic acids is 2. The van der Waals surface area contributed by atoms with E-state index in [2.05, 4.69) is 16.0 Å². The first-order chi connectivity index (χ1) is 16.9. The average molecular weight is 550 g/mol. The summed E-state index contributed by atoms with van der Waals surface area (Å²) in [4.78, 5) is 23.2. The van der Waals surface area contributed by atoms with Crippen LogP contribution in [-0.4, -0.2) is 58.3 Å². The Morgan fingerprint density at radius 1 is 1.14 bits per heavy atom. The van der Waals surface area contributed by atoms with Gasteiger partial charge in [0.15, 0.2) is 4.33 Å². The highest BCUT2D eigenvalue weighted by Crippen LogP contribution is 2.42. The van der Waals surface area contributed by atoms with Crippen LogP contribution in [0.2, 0.25) is 0 Å². The van der Waals surface area contributed by atoms with Crippen molar-refractivity contribution >= 4 is 35.1 Å². The van der Waals surface area contributed by atoms with Crippen LogP contribution in [-0.2, 0) is 22.7 Å². The molecule has 12 heteroatoms. The van der Waals surface area contributed by atoms with Crippen LogP contribution in [0.1, 0.15) is 24.0 Å². The molecule has 2 aliphatic rings. The molecular weight excluding hydrogens is 522 g/mol. The fourth-order valence-corrected chi connectivity index (χ4v) is 5.14. The first-order valence-electron chi connectivity index (χ1n) is 11.4. The smallest absolute Gasteiger partial charge is 0.401 e. The van der Waals surface area contributed by atoms with Crippen molar-refractivity contribution in [1.82, 2.24) is 16.0 Å². The number of hydrogen-bond donors (Lipinski definition) is 5. The van der Waals surface area contributed by atoms with Gasteiger partial charge < -0.3 is 26.2 Å². The zero-order valence-corrected chi connectivity index (χ0v) is 20.8. The molecule has 0 spiro atoms. The predicted molar refractivity (Wildman–Crippen MR) is 130 cm³/mol. The summed E-state index contributed by atoms with van der Waals surface area (Å²) < 4.78 is 35.6. The summed E-state index contributed by atoms with van der Waals surface area (Å²) in [6.45, 7) is 0.217. The largest absolute Gasteiger partial charge is 0.481 e. The summed E-state index contributed by atoms with van der Waals surface area (Å²) in [6.07, 6.45) is -0.961. The normalized spacial score (nSPS) is 22.6. The van der Waals surface area contributed by atoms with Gasteiger partial charge in [-0.1, -0.05) is 53.5 Å². The average Bonchev–Trinajstić information content (AvgIpc) is 2.98. The van der Waals surface area contributed by atoms with Crippen LogP contribution in [0, 0.1) is 11.8 Å². The first kappa shape index (κ1) is 28.5. The highest BCUT2D eigenvalue weighted by molar-refractivity contribution is 6.50. The number of carboxylic acid groups (broad SMARTS) is 2. The third-order valence-electron chi connectivity index (χ3n) is 6.31. The molecule has 3 atom stereocenters. The fraction of sp³-hybridized carbons (Fsp3) is 0.500. The molecule has 1 aromatic rings. The van der Waals surface area contributed by atoms with Crippen molar-refractivity contribution < 1.29 is 33.0 Å². The number of benzene rings is 1. The maximum absolute atomic E-state index is 12.3. The molecule has 0 fully saturated rings. The lowest BCUT2D eigenvalue weighted by Crippen LogP contribution is -2.46. The van der Waals surface area contributed by atoms with Gasteiger partial charge in [0.1, 0.15) is 0 Å². The highest BCUT2D eigenvalue weighted by Gasteiger charge is 2.43. The summed E-state index contributed by atoms with van der Waals surface area (Å²) in [6, 6.07) is 6.49. The number of carbonyl (C=O) groups is 2. The molecular formula is C24H28Cl2F3N3O4. The molecule has 198 valence electrons. The minimum Gasteiger partial charge on any atom is -0.481 e. The lowest BCUT2D eigenvalue weighted by atomic mass is 9.77. The Hall–Kier alpha value is -2.11. The van der Waals surface area contributed by atoms with Gasteiger partial charge in [0, 0.05) is 25.6 Å². The Morgan fingerprint density at radius 3 is 2.36 bits per heavy atom. The molecule has 0 saturated carbocycles. The van der Waals surface area contributed by atoms with Gasteiger partial charge in [-0.15, -0.1) is 0 Å². The number of carboxylic acids is 2. The fourth-order valence-electron chi connectivity index (χ4n) is 4.60. The molecule has 7 nitrogen and oxygen atoms in total. The van der Waals surface area contributed by atoms with Gasteiger partial charge in [-0.05, 0) is 41.3 Å². The van der Waals surface area contributed by atoms with Gasteiger partial charge in [-0.25, -0.2) is 0 Å². The van der Waals surface area contributed by atoms with E-state index in [0.717, 1.165) is 11.1 Å². The number of nitrogens with one attached hydrogen (secondary N) is 3. The Balaban J connectivity index is 1.76. The van der Waals surface area contributed by atoms with E-state index in [1.54, 1.807) is 36.4 Å². The molecule has 1 aliphatic heterocycles. The van der Waals surface area contributed by atoms with Crippen molar-refractivity contribution in [2.75, 3.05) is 19.6 Å². The maximum Gasteiger partial charge on any atom is 0.401 e. The van der Waals surface area contributed by atoms with Gasteiger partial charge in [0.05, 0.1) is 24.9 Å². The van der Waals surface area contributed by atoms with Crippen LogP contribution in [0.5, 0.6) is 0 Å². The number of rotatable bonds is 10. The molecule has 0 amide bonds. The minimum absolute atomic E-state index is 0.0822. The van der Waals surface area contributed by atoms with Crippen LogP contribution >= 0.6 is 23.2 Å². The molecule has 0 bridgehead atoms. The Morgan fingerprint density at radius 2 is 1.78 bits per heavy atom. The van der Waals surface area contributed by atoms with E-state index < -0.39 is 53.3 Å².